The summed E-state index contributed by atoms with van der Waals surface area (Å²) in [6.45, 7) is 2.29. The first kappa shape index (κ1) is 18.3. The van der Waals surface area contributed by atoms with Gasteiger partial charge in [0.2, 0.25) is 11.8 Å². The van der Waals surface area contributed by atoms with Gasteiger partial charge in [-0.2, -0.15) is 0 Å². The van der Waals surface area contributed by atoms with Gasteiger partial charge in [-0.05, 0) is 48.9 Å². The van der Waals surface area contributed by atoms with Crippen molar-refractivity contribution in [1.82, 2.24) is 0 Å². The maximum atomic E-state index is 12.5. The molecule has 6 heteroatoms. The van der Waals surface area contributed by atoms with Crippen LogP contribution in [0, 0.1) is 12.8 Å². The molecule has 0 spiro atoms. The number of amides is 2. The highest BCUT2D eigenvalue weighted by molar-refractivity contribution is 6.31. The minimum absolute atomic E-state index is 0.0373. The zero-order valence-corrected chi connectivity index (χ0v) is 15.9. The molecule has 1 atom stereocenters. The molecule has 2 aromatic carbocycles. The van der Waals surface area contributed by atoms with Gasteiger partial charge in [0, 0.05) is 49.1 Å². The van der Waals surface area contributed by atoms with Crippen molar-refractivity contribution in [1.29, 1.82) is 0 Å². The summed E-state index contributed by atoms with van der Waals surface area (Å²) >= 11 is 6.10. The Morgan fingerprint density at radius 3 is 2.50 bits per heavy atom. The van der Waals surface area contributed by atoms with Crippen molar-refractivity contribution < 1.29 is 9.59 Å². The Labute approximate surface area is 158 Å². The number of hydrogen-bond acceptors (Lipinski definition) is 3. The summed E-state index contributed by atoms with van der Waals surface area (Å²) in [7, 11) is 3.93. The average molecular weight is 372 g/mol. The molecule has 3 rings (SSSR count). The lowest BCUT2D eigenvalue weighted by molar-refractivity contribution is -0.122. The van der Waals surface area contributed by atoms with E-state index in [1.54, 1.807) is 11.0 Å². The van der Waals surface area contributed by atoms with Crippen molar-refractivity contribution in [2.45, 2.75) is 13.3 Å². The normalized spacial score (nSPS) is 16.7. The summed E-state index contributed by atoms with van der Waals surface area (Å²) in [5, 5.41) is 3.46. The molecule has 1 fully saturated rings. The lowest BCUT2D eigenvalue weighted by Crippen LogP contribution is -2.28. The number of hydrogen-bond donors (Lipinski definition) is 1. The number of aryl methyl sites for hydroxylation is 1. The van der Waals surface area contributed by atoms with Gasteiger partial charge in [-0.3, -0.25) is 9.59 Å². The van der Waals surface area contributed by atoms with Crippen LogP contribution < -0.4 is 15.1 Å². The van der Waals surface area contributed by atoms with Crippen molar-refractivity contribution in [3.05, 3.63) is 53.1 Å². The summed E-state index contributed by atoms with van der Waals surface area (Å²) in [5.41, 5.74) is 3.47. The molecule has 5 nitrogen and oxygen atoms in total. The topological polar surface area (TPSA) is 52.7 Å². The zero-order valence-electron chi connectivity index (χ0n) is 15.1. The second-order valence-corrected chi connectivity index (χ2v) is 7.18. The fourth-order valence-electron chi connectivity index (χ4n) is 2.98. The summed E-state index contributed by atoms with van der Waals surface area (Å²) in [6, 6.07) is 13.1. The molecule has 1 aliphatic rings. The van der Waals surface area contributed by atoms with E-state index in [0.717, 1.165) is 16.9 Å². The van der Waals surface area contributed by atoms with Crippen LogP contribution in [-0.2, 0) is 9.59 Å². The lowest BCUT2D eigenvalue weighted by atomic mass is 10.1. The predicted molar refractivity (Wildman–Crippen MR) is 106 cm³/mol. The standard InChI is InChI=1S/C20H22ClN3O2/c1-13-4-5-15(11-18(13)21)22-20(26)14-10-19(25)24(12-14)17-8-6-16(7-9-17)23(2)3/h4-9,11,14H,10,12H2,1-3H3,(H,22,26). The van der Waals surface area contributed by atoms with Gasteiger partial charge in [0.15, 0.2) is 0 Å². The van der Waals surface area contributed by atoms with Crippen LogP contribution in [0.5, 0.6) is 0 Å². The molecule has 0 aromatic heterocycles. The molecule has 136 valence electrons. The van der Waals surface area contributed by atoms with Gasteiger partial charge in [-0.25, -0.2) is 0 Å². The molecular formula is C20H22ClN3O2. The number of carbonyl (C=O) groups is 2. The summed E-state index contributed by atoms with van der Waals surface area (Å²) in [4.78, 5) is 28.6. The van der Waals surface area contributed by atoms with Crippen molar-refractivity contribution in [2.24, 2.45) is 5.92 Å². The molecular weight excluding hydrogens is 350 g/mol. The SMILES string of the molecule is Cc1ccc(NC(=O)C2CC(=O)N(c3ccc(N(C)C)cc3)C2)cc1Cl. The third-order valence-electron chi connectivity index (χ3n) is 4.61. The molecule has 26 heavy (non-hydrogen) atoms. The van der Waals surface area contributed by atoms with Gasteiger partial charge in [0.05, 0.1) is 5.92 Å². The van der Waals surface area contributed by atoms with Gasteiger partial charge in [0.1, 0.15) is 0 Å². The van der Waals surface area contributed by atoms with E-state index in [9.17, 15) is 9.59 Å². The number of benzene rings is 2. The molecule has 1 heterocycles. The quantitative estimate of drug-likeness (QED) is 0.891. The second-order valence-electron chi connectivity index (χ2n) is 6.77. The summed E-state index contributed by atoms with van der Waals surface area (Å²) in [5.74, 6) is -0.577. The molecule has 0 saturated carbocycles. The van der Waals surface area contributed by atoms with Gasteiger partial charge >= 0.3 is 0 Å². The van der Waals surface area contributed by atoms with E-state index in [-0.39, 0.29) is 24.2 Å². The van der Waals surface area contributed by atoms with Crippen LogP contribution in [0.2, 0.25) is 5.02 Å². The first-order valence-corrected chi connectivity index (χ1v) is 8.87. The molecule has 1 saturated heterocycles. The van der Waals surface area contributed by atoms with E-state index in [2.05, 4.69) is 5.32 Å². The maximum absolute atomic E-state index is 12.5. The summed E-state index contributed by atoms with van der Waals surface area (Å²) < 4.78 is 0. The molecule has 1 unspecified atom stereocenters. The summed E-state index contributed by atoms with van der Waals surface area (Å²) in [6.07, 6.45) is 0.209. The fourth-order valence-corrected chi connectivity index (χ4v) is 3.16. The van der Waals surface area contributed by atoms with Crippen molar-refractivity contribution >= 4 is 40.5 Å². The molecule has 0 aliphatic carbocycles. The number of carbonyl (C=O) groups excluding carboxylic acids is 2. The molecule has 1 aliphatic heterocycles. The van der Waals surface area contributed by atoms with Gasteiger partial charge in [-0.15, -0.1) is 0 Å². The van der Waals surface area contributed by atoms with Gasteiger partial charge in [0.25, 0.3) is 0 Å². The number of halogens is 1. The average Bonchev–Trinajstić information content (AvgIpc) is 3.00. The third kappa shape index (κ3) is 3.83. The first-order chi connectivity index (χ1) is 12.3. The smallest absolute Gasteiger partial charge is 0.229 e. The van der Waals surface area contributed by atoms with E-state index in [4.69, 9.17) is 11.6 Å². The lowest BCUT2D eigenvalue weighted by Gasteiger charge is -2.19. The Kier molecular flexibility index (Phi) is 5.18. The van der Waals surface area contributed by atoms with Crippen LogP contribution in [-0.4, -0.2) is 32.5 Å². The first-order valence-electron chi connectivity index (χ1n) is 8.50. The van der Waals surface area contributed by atoms with Crippen LogP contribution >= 0.6 is 11.6 Å². The van der Waals surface area contributed by atoms with Crippen LogP contribution in [0.15, 0.2) is 42.5 Å². The van der Waals surface area contributed by atoms with E-state index < -0.39 is 0 Å². The second kappa shape index (κ2) is 7.38. The van der Waals surface area contributed by atoms with E-state index in [1.807, 2.05) is 62.3 Å². The number of nitrogens with one attached hydrogen (secondary N) is 1. The highest BCUT2D eigenvalue weighted by atomic mass is 35.5. The fraction of sp³-hybridized carbons (Fsp3) is 0.300. The minimum atomic E-state index is -0.379. The Balaban J connectivity index is 1.68. The number of nitrogens with zero attached hydrogens (tertiary/aromatic N) is 2. The minimum Gasteiger partial charge on any atom is -0.378 e. The van der Waals surface area contributed by atoms with Gasteiger partial charge < -0.3 is 15.1 Å². The molecule has 2 aromatic rings. The van der Waals surface area contributed by atoms with Crippen molar-refractivity contribution in [3.8, 4) is 0 Å². The van der Waals surface area contributed by atoms with E-state index >= 15 is 0 Å². The molecule has 0 radical (unpaired) electrons. The van der Waals surface area contributed by atoms with Crippen LogP contribution in [0.25, 0.3) is 0 Å². The number of rotatable bonds is 4. The zero-order chi connectivity index (χ0) is 18.8. The number of anilines is 3. The monoisotopic (exact) mass is 371 g/mol. The highest BCUT2D eigenvalue weighted by Gasteiger charge is 2.35. The van der Waals surface area contributed by atoms with E-state index in [1.165, 1.54) is 0 Å². The van der Waals surface area contributed by atoms with Crippen LogP contribution in [0.4, 0.5) is 17.1 Å². The Hall–Kier alpha value is -2.53. The van der Waals surface area contributed by atoms with Crippen LogP contribution in [0.1, 0.15) is 12.0 Å². The maximum Gasteiger partial charge on any atom is 0.229 e. The highest BCUT2D eigenvalue weighted by Crippen LogP contribution is 2.28. The van der Waals surface area contributed by atoms with Crippen LogP contribution in [0.3, 0.4) is 0 Å². The Bertz CT molecular complexity index is 833. The molecule has 1 N–H and O–H groups in total. The Morgan fingerprint density at radius 2 is 1.88 bits per heavy atom. The third-order valence-corrected chi connectivity index (χ3v) is 5.02. The Morgan fingerprint density at radius 1 is 1.19 bits per heavy atom. The molecule has 2 amide bonds. The molecule has 0 bridgehead atoms. The predicted octanol–water partition coefficient (Wildman–Crippen LogP) is 3.71. The largest absolute Gasteiger partial charge is 0.378 e. The van der Waals surface area contributed by atoms with E-state index in [0.29, 0.717) is 17.3 Å². The van der Waals surface area contributed by atoms with Gasteiger partial charge in [-0.1, -0.05) is 17.7 Å². The van der Waals surface area contributed by atoms with Crippen molar-refractivity contribution in [2.75, 3.05) is 35.8 Å². The van der Waals surface area contributed by atoms with Crippen molar-refractivity contribution in [3.63, 3.8) is 0 Å².